The largest absolute Gasteiger partial charge is 0.301 e. The van der Waals surface area contributed by atoms with Crippen molar-refractivity contribution in [3.05, 3.63) is 94.5 Å². The topological polar surface area (TPSA) is 43.1 Å². The second kappa shape index (κ2) is 8.74. The first-order valence-electron chi connectivity index (χ1n) is 10.9. The van der Waals surface area contributed by atoms with Crippen molar-refractivity contribution >= 4 is 23.1 Å². The van der Waals surface area contributed by atoms with E-state index in [1.807, 2.05) is 73.1 Å². The molecule has 0 amide bonds. The van der Waals surface area contributed by atoms with Crippen molar-refractivity contribution in [3.8, 4) is 5.69 Å². The molecule has 1 aliphatic heterocycles. The lowest BCUT2D eigenvalue weighted by Crippen LogP contribution is -2.24. The van der Waals surface area contributed by atoms with E-state index in [0.29, 0.717) is 0 Å². The molecule has 1 aliphatic rings. The molecule has 0 bridgehead atoms. The average Bonchev–Trinajstić information content (AvgIpc) is 3.46. The molecule has 1 saturated heterocycles. The first-order chi connectivity index (χ1) is 15.3. The van der Waals surface area contributed by atoms with Gasteiger partial charge >= 0.3 is 0 Å². The van der Waals surface area contributed by atoms with E-state index in [1.54, 1.807) is 10.6 Å². The number of aromatic nitrogens is 3. The molecular formula is C26H26N4O. The van der Waals surface area contributed by atoms with Crippen LogP contribution in [0, 0.1) is 0 Å². The Bertz CT molecular complexity index is 1260. The Labute approximate surface area is 181 Å². The minimum absolute atomic E-state index is 0.0454. The highest BCUT2D eigenvalue weighted by atomic mass is 16.1. The van der Waals surface area contributed by atoms with Crippen LogP contribution in [0.2, 0.25) is 0 Å². The van der Waals surface area contributed by atoms with Gasteiger partial charge in [-0.15, -0.1) is 0 Å². The van der Waals surface area contributed by atoms with Gasteiger partial charge in [0.05, 0.1) is 18.3 Å². The molecule has 5 nitrogen and oxygen atoms in total. The fourth-order valence-corrected chi connectivity index (χ4v) is 4.21. The maximum atomic E-state index is 12.7. The third kappa shape index (κ3) is 4.37. The highest BCUT2D eigenvalue weighted by molar-refractivity contribution is 5.81. The van der Waals surface area contributed by atoms with Crippen molar-refractivity contribution in [3.63, 3.8) is 0 Å². The van der Waals surface area contributed by atoms with Gasteiger partial charge in [0.15, 0.2) is 0 Å². The van der Waals surface area contributed by atoms with Gasteiger partial charge in [0.25, 0.3) is 5.56 Å². The Kier molecular flexibility index (Phi) is 5.50. The summed E-state index contributed by atoms with van der Waals surface area (Å²) >= 11 is 0. The zero-order valence-electron chi connectivity index (χ0n) is 17.5. The second-order valence-corrected chi connectivity index (χ2v) is 8.07. The van der Waals surface area contributed by atoms with E-state index >= 15 is 0 Å². The predicted octanol–water partition coefficient (Wildman–Crippen LogP) is 4.45. The fraction of sp³-hybridized carbons (Fsp3) is 0.231. The molecule has 1 fully saturated rings. The van der Waals surface area contributed by atoms with Gasteiger partial charge in [-0.05, 0) is 61.3 Å². The number of pyridine rings is 1. The number of nitrogens with zero attached hydrogens (tertiary/aromatic N) is 4. The summed E-state index contributed by atoms with van der Waals surface area (Å²) < 4.78 is 3.75. The van der Waals surface area contributed by atoms with Gasteiger partial charge in [0.1, 0.15) is 0 Å². The summed E-state index contributed by atoms with van der Waals surface area (Å²) in [6, 6.07) is 19.8. The van der Waals surface area contributed by atoms with Crippen molar-refractivity contribution in [2.45, 2.75) is 19.4 Å². The van der Waals surface area contributed by atoms with Crippen molar-refractivity contribution in [1.29, 1.82) is 0 Å². The fourth-order valence-electron chi connectivity index (χ4n) is 4.21. The molecular weight excluding hydrogens is 384 g/mol. The van der Waals surface area contributed by atoms with Crippen molar-refractivity contribution in [1.82, 2.24) is 19.2 Å². The van der Waals surface area contributed by atoms with Gasteiger partial charge in [0, 0.05) is 29.9 Å². The van der Waals surface area contributed by atoms with Crippen LogP contribution in [0.4, 0.5) is 0 Å². The molecule has 5 heteroatoms. The summed E-state index contributed by atoms with van der Waals surface area (Å²) in [4.78, 5) is 15.2. The lowest BCUT2D eigenvalue weighted by Gasteiger charge is -2.14. The highest BCUT2D eigenvalue weighted by Gasteiger charge is 2.12. The molecule has 0 saturated carbocycles. The number of likely N-dealkylation sites (tertiary alicyclic amines) is 1. The van der Waals surface area contributed by atoms with Crippen molar-refractivity contribution < 1.29 is 0 Å². The Morgan fingerprint density at radius 1 is 0.871 bits per heavy atom. The number of benzene rings is 2. The van der Waals surface area contributed by atoms with Crippen LogP contribution >= 0.6 is 0 Å². The molecule has 0 atom stereocenters. The SMILES string of the molecule is O=c1cc(/C=C/c2ccccc2)ccn1-c1ccc2c(cnn2CCN2CCCC2)c1. The number of fused-ring (bicyclic) bond motifs is 1. The first-order valence-corrected chi connectivity index (χ1v) is 10.9. The standard InChI is InChI=1S/C26H26N4O/c31-26-18-22(9-8-21-6-2-1-3-7-21)12-15-29(26)24-10-11-25-23(19-24)20-27-30(25)17-16-28-13-4-5-14-28/h1-3,6-12,15,18-20H,4-5,13-14,16-17H2/b9-8+. The van der Waals surface area contributed by atoms with Crippen LogP contribution < -0.4 is 5.56 Å². The number of hydrogen-bond donors (Lipinski definition) is 0. The van der Waals surface area contributed by atoms with E-state index in [-0.39, 0.29) is 5.56 Å². The number of rotatable bonds is 6. The zero-order valence-corrected chi connectivity index (χ0v) is 17.5. The summed E-state index contributed by atoms with van der Waals surface area (Å²) in [6.07, 6.45) is 10.3. The summed E-state index contributed by atoms with van der Waals surface area (Å²) in [5, 5.41) is 5.63. The van der Waals surface area contributed by atoms with Crippen LogP contribution in [0.1, 0.15) is 24.0 Å². The van der Waals surface area contributed by atoms with Gasteiger partial charge < -0.3 is 4.90 Å². The van der Waals surface area contributed by atoms with Crippen molar-refractivity contribution in [2.24, 2.45) is 0 Å². The Morgan fingerprint density at radius 3 is 2.48 bits per heavy atom. The van der Waals surface area contributed by atoms with Crippen LogP contribution in [0.25, 0.3) is 28.7 Å². The maximum Gasteiger partial charge on any atom is 0.255 e. The molecule has 2 aromatic heterocycles. The molecule has 2 aromatic carbocycles. The van der Waals surface area contributed by atoms with E-state index in [9.17, 15) is 4.79 Å². The van der Waals surface area contributed by atoms with E-state index in [4.69, 9.17) is 0 Å². The van der Waals surface area contributed by atoms with Gasteiger partial charge in [-0.3, -0.25) is 14.0 Å². The summed E-state index contributed by atoms with van der Waals surface area (Å²) in [5.41, 5.74) is 3.92. The molecule has 31 heavy (non-hydrogen) atoms. The molecule has 0 N–H and O–H groups in total. The minimum Gasteiger partial charge on any atom is -0.301 e. The lowest BCUT2D eigenvalue weighted by atomic mass is 10.1. The van der Waals surface area contributed by atoms with E-state index in [2.05, 4.69) is 20.7 Å². The van der Waals surface area contributed by atoms with Gasteiger partial charge in [0.2, 0.25) is 0 Å². The second-order valence-electron chi connectivity index (χ2n) is 8.07. The van der Waals surface area contributed by atoms with E-state index in [0.717, 1.165) is 40.8 Å². The van der Waals surface area contributed by atoms with Crippen LogP contribution in [-0.2, 0) is 6.54 Å². The Hall–Kier alpha value is -3.44. The molecule has 3 heterocycles. The van der Waals surface area contributed by atoms with Crippen LogP contribution in [0.5, 0.6) is 0 Å². The Morgan fingerprint density at radius 2 is 1.68 bits per heavy atom. The summed E-state index contributed by atoms with van der Waals surface area (Å²) in [5.74, 6) is 0. The molecule has 0 unspecified atom stereocenters. The monoisotopic (exact) mass is 410 g/mol. The van der Waals surface area contributed by atoms with Crippen LogP contribution in [0.15, 0.2) is 77.9 Å². The third-order valence-corrected chi connectivity index (χ3v) is 5.94. The molecule has 0 spiro atoms. The maximum absolute atomic E-state index is 12.7. The van der Waals surface area contributed by atoms with E-state index < -0.39 is 0 Å². The molecule has 0 radical (unpaired) electrons. The van der Waals surface area contributed by atoms with Crippen LogP contribution in [-0.4, -0.2) is 38.9 Å². The number of hydrogen-bond acceptors (Lipinski definition) is 3. The van der Waals surface area contributed by atoms with Gasteiger partial charge in [-0.1, -0.05) is 42.5 Å². The normalized spacial score (nSPS) is 14.7. The quantitative estimate of drug-likeness (QED) is 0.472. The minimum atomic E-state index is -0.0454. The lowest BCUT2D eigenvalue weighted by molar-refractivity contribution is 0.318. The van der Waals surface area contributed by atoms with Gasteiger partial charge in [-0.2, -0.15) is 5.10 Å². The molecule has 5 rings (SSSR count). The average molecular weight is 411 g/mol. The third-order valence-electron chi connectivity index (χ3n) is 5.94. The smallest absolute Gasteiger partial charge is 0.255 e. The summed E-state index contributed by atoms with van der Waals surface area (Å²) in [6.45, 7) is 4.33. The zero-order chi connectivity index (χ0) is 21.0. The molecule has 4 aromatic rings. The van der Waals surface area contributed by atoms with Crippen LogP contribution in [0.3, 0.4) is 0 Å². The van der Waals surface area contributed by atoms with Crippen molar-refractivity contribution in [2.75, 3.05) is 19.6 Å². The highest BCUT2D eigenvalue weighted by Crippen LogP contribution is 2.19. The first kappa shape index (κ1) is 19.5. The van der Waals surface area contributed by atoms with E-state index in [1.165, 1.54) is 25.9 Å². The predicted molar refractivity (Wildman–Crippen MR) is 126 cm³/mol. The van der Waals surface area contributed by atoms with Gasteiger partial charge in [-0.25, -0.2) is 0 Å². The molecule has 0 aliphatic carbocycles. The Balaban J connectivity index is 1.35. The molecule has 156 valence electrons. The summed E-state index contributed by atoms with van der Waals surface area (Å²) in [7, 11) is 0.